The zero-order chi connectivity index (χ0) is 18.4. The van der Waals surface area contributed by atoms with E-state index in [9.17, 15) is 0 Å². The molecule has 0 saturated heterocycles. The van der Waals surface area contributed by atoms with E-state index in [1.165, 1.54) is 16.7 Å². The summed E-state index contributed by atoms with van der Waals surface area (Å²) >= 11 is 12.6. The van der Waals surface area contributed by atoms with Gasteiger partial charge in [-0.25, -0.2) is 0 Å². The summed E-state index contributed by atoms with van der Waals surface area (Å²) in [5.74, 6) is 0.872. The van der Waals surface area contributed by atoms with E-state index in [-0.39, 0.29) is 16.2 Å². The molecule has 0 bridgehead atoms. The Balaban J connectivity index is 3.82. The summed E-state index contributed by atoms with van der Waals surface area (Å²) in [6.07, 6.45) is 0. The smallest absolute Gasteiger partial charge is 0.446 e. The van der Waals surface area contributed by atoms with Gasteiger partial charge < -0.3 is 4.43 Å². The summed E-state index contributed by atoms with van der Waals surface area (Å²) in [7, 11) is 0. The van der Waals surface area contributed by atoms with Gasteiger partial charge in [0.25, 0.3) is 0 Å². The molecular weight excluding hydrogens is 343 g/mol. The molecule has 0 aromatic heterocycles. The SMILES string of the molecule is CC(C)(C)c1cc(C(C)(C)C)c(O[Si](C)(Cl)Cl)c(C(C)(C)C)c1. The van der Waals surface area contributed by atoms with Gasteiger partial charge in [0, 0.05) is 0 Å². The van der Waals surface area contributed by atoms with Gasteiger partial charge in [-0.3, -0.25) is 0 Å². The molecule has 0 amide bonds. The minimum Gasteiger partial charge on any atom is -0.518 e. The average Bonchev–Trinajstić information content (AvgIpc) is 2.21. The first kappa shape index (κ1) is 20.9. The van der Waals surface area contributed by atoms with Crippen LogP contribution in [0.4, 0.5) is 0 Å². The second kappa shape index (κ2) is 6.27. The van der Waals surface area contributed by atoms with Crippen molar-refractivity contribution in [3.8, 4) is 5.75 Å². The van der Waals surface area contributed by atoms with E-state index < -0.39 is 6.94 Å². The van der Waals surface area contributed by atoms with Crippen molar-refractivity contribution in [2.45, 2.75) is 85.1 Å². The van der Waals surface area contributed by atoms with Crippen LogP contribution >= 0.6 is 22.2 Å². The lowest BCUT2D eigenvalue weighted by atomic mass is 9.75. The largest absolute Gasteiger partial charge is 0.518 e. The quantitative estimate of drug-likeness (QED) is 0.399. The Morgan fingerprint density at radius 3 is 1.30 bits per heavy atom. The molecule has 0 fully saturated rings. The number of hydrogen-bond acceptors (Lipinski definition) is 1. The molecule has 0 spiro atoms. The minimum atomic E-state index is -2.74. The lowest BCUT2D eigenvalue weighted by Crippen LogP contribution is -2.29. The highest BCUT2D eigenvalue weighted by atomic mass is 35.7. The number of hydrogen-bond donors (Lipinski definition) is 0. The molecule has 0 aliphatic heterocycles. The third-order valence-electron chi connectivity index (χ3n) is 3.85. The molecule has 132 valence electrons. The van der Waals surface area contributed by atoms with Crippen molar-refractivity contribution >= 4 is 29.1 Å². The third-order valence-corrected chi connectivity index (χ3v) is 4.88. The van der Waals surface area contributed by atoms with Crippen molar-refractivity contribution < 1.29 is 4.43 Å². The summed E-state index contributed by atoms with van der Waals surface area (Å²) in [6, 6.07) is 4.52. The molecule has 0 aliphatic carbocycles. The van der Waals surface area contributed by atoms with Gasteiger partial charge in [0.15, 0.2) is 0 Å². The highest BCUT2D eigenvalue weighted by molar-refractivity contribution is 7.42. The van der Waals surface area contributed by atoms with Crippen molar-refractivity contribution in [2.24, 2.45) is 0 Å². The van der Waals surface area contributed by atoms with Crippen molar-refractivity contribution in [2.75, 3.05) is 0 Å². The molecule has 23 heavy (non-hydrogen) atoms. The molecule has 0 radical (unpaired) electrons. The van der Waals surface area contributed by atoms with Gasteiger partial charge in [-0.1, -0.05) is 74.4 Å². The fourth-order valence-electron chi connectivity index (χ4n) is 2.47. The van der Waals surface area contributed by atoms with Crippen LogP contribution in [0.1, 0.15) is 79.0 Å². The van der Waals surface area contributed by atoms with Crippen molar-refractivity contribution in [3.05, 3.63) is 28.8 Å². The lowest BCUT2D eigenvalue weighted by molar-refractivity contribution is 0.483. The molecule has 1 nitrogen and oxygen atoms in total. The summed E-state index contributed by atoms with van der Waals surface area (Å²) < 4.78 is 6.15. The van der Waals surface area contributed by atoms with Crippen LogP contribution in [-0.4, -0.2) is 6.94 Å². The summed E-state index contributed by atoms with van der Waals surface area (Å²) in [6.45, 7) is 19.0. The van der Waals surface area contributed by atoms with Gasteiger partial charge in [0.05, 0.1) is 0 Å². The van der Waals surface area contributed by atoms with E-state index in [1.807, 2.05) is 0 Å². The molecule has 0 atom stereocenters. The Hall–Kier alpha value is -0.183. The van der Waals surface area contributed by atoms with E-state index in [2.05, 4.69) is 74.4 Å². The second-order valence-electron chi connectivity index (χ2n) is 9.56. The molecule has 0 saturated carbocycles. The van der Waals surface area contributed by atoms with E-state index in [1.54, 1.807) is 6.55 Å². The second-order valence-corrected chi connectivity index (χ2v) is 16.3. The minimum absolute atomic E-state index is 0.0516. The zero-order valence-corrected chi connectivity index (χ0v) is 18.8. The maximum Gasteiger partial charge on any atom is 0.446 e. The van der Waals surface area contributed by atoms with E-state index in [0.717, 1.165) is 5.75 Å². The first-order chi connectivity index (χ1) is 9.93. The fourth-order valence-corrected chi connectivity index (χ4v) is 3.51. The predicted molar refractivity (Wildman–Crippen MR) is 106 cm³/mol. The zero-order valence-electron chi connectivity index (χ0n) is 16.3. The Labute approximate surface area is 153 Å². The molecule has 1 rings (SSSR count). The molecule has 1 aromatic rings. The monoisotopic (exact) mass is 374 g/mol. The fraction of sp³-hybridized carbons (Fsp3) is 0.684. The standard InChI is InChI=1S/C19H32Cl2OSi/c1-17(2,3)13-11-14(18(4,5)6)16(22-23(10,20)21)15(12-13)19(7,8)9/h11-12H,1-10H3. The highest BCUT2D eigenvalue weighted by Gasteiger charge is 2.34. The summed E-state index contributed by atoms with van der Waals surface area (Å²) in [5, 5.41) is 0. The van der Waals surface area contributed by atoms with Crippen LogP contribution in [0.2, 0.25) is 6.55 Å². The molecule has 0 unspecified atom stereocenters. The molecule has 4 heteroatoms. The van der Waals surface area contributed by atoms with Crippen LogP contribution in [0.3, 0.4) is 0 Å². The van der Waals surface area contributed by atoms with Gasteiger partial charge in [-0.15, -0.1) is 22.2 Å². The summed E-state index contributed by atoms with van der Waals surface area (Å²) in [5.41, 5.74) is 3.63. The topological polar surface area (TPSA) is 9.23 Å². The van der Waals surface area contributed by atoms with Crippen LogP contribution in [0.15, 0.2) is 12.1 Å². The van der Waals surface area contributed by atoms with E-state index in [4.69, 9.17) is 26.6 Å². The normalized spacial score (nSPS) is 14.1. The lowest BCUT2D eigenvalue weighted by Gasteiger charge is -2.34. The van der Waals surface area contributed by atoms with Gasteiger partial charge in [0.1, 0.15) is 5.75 Å². The molecular formula is C19H32Cl2OSi. The maximum atomic E-state index is 6.32. The Bertz CT molecular complexity index is 532. The first-order valence-electron chi connectivity index (χ1n) is 8.19. The number of halogens is 2. The van der Waals surface area contributed by atoms with Gasteiger partial charge >= 0.3 is 6.94 Å². The predicted octanol–water partition coefficient (Wildman–Crippen LogP) is 7.00. The highest BCUT2D eigenvalue weighted by Crippen LogP contribution is 2.44. The Morgan fingerprint density at radius 1 is 0.739 bits per heavy atom. The molecule has 1 aromatic carbocycles. The number of benzene rings is 1. The van der Waals surface area contributed by atoms with Crippen LogP contribution < -0.4 is 4.43 Å². The summed E-state index contributed by atoms with van der Waals surface area (Å²) in [4.78, 5) is 0. The Morgan fingerprint density at radius 2 is 1.09 bits per heavy atom. The van der Waals surface area contributed by atoms with Crippen LogP contribution in [0.25, 0.3) is 0 Å². The maximum absolute atomic E-state index is 6.32. The van der Waals surface area contributed by atoms with Crippen LogP contribution in [0.5, 0.6) is 5.75 Å². The molecule has 0 aliphatic rings. The van der Waals surface area contributed by atoms with E-state index >= 15 is 0 Å². The van der Waals surface area contributed by atoms with Crippen molar-refractivity contribution in [3.63, 3.8) is 0 Å². The van der Waals surface area contributed by atoms with E-state index in [0.29, 0.717) is 0 Å². The Kier molecular flexibility index (Phi) is 5.69. The van der Waals surface area contributed by atoms with Crippen LogP contribution in [0, 0.1) is 0 Å². The molecule has 0 heterocycles. The number of rotatable bonds is 2. The van der Waals surface area contributed by atoms with Crippen molar-refractivity contribution in [1.29, 1.82) is 0 Å². The van der Waals surface area contributed by atoms with Crippen LogP contribution in [-0.2, 0) is 16.2 Å². The molecule has 0 N–H and O–H groups in total. The first-order valence-corrected chi connectivity index (χ1v) is 12.6. The van der Waals surface area contributed by atoms with Gasteiger partial charge in [-0.2, -0.15) is 0 Å². The third kappa shape index (κ3) is 5.69. The van der Waals surface area contributed by atoms with Gasteiger partial charge in [-0.05, 0) is 39.5 Å². The van der Waals surface area contributed by atoms with Gasteiger partial charge in [0.2, 0.25) is 0 Å². The average molecular weight is 375 g/mol. The van der Waals surface area contributed by atoms with Crippen molar-refractivity contribution in [1.82, 2.24) is 0 Å².